The van der Waals surface area contributed by atoms with E-state index in [1.165, 1.54) is 23.9 Å². The minimum Gasteiger partial charge on any atom is -0.397 e. The molecule has 0 saturated heterocycles. The molecule has 1 aromatic carbocycles. The Morgan fingerprint density at radius 1 is 1.59 bits per heavy atom. The van der Waals surface area contributed by atoms with Crippen molar-refractivity contribution in [3.05, 3.63) is 23.0 Å². The zero-order chi connectivity index (χ0) is 13.0. The Kier molecular flexibility index (Phi) is 5.36. The number of anilines is 2. The minimum atomic E-state index is -0.514. The predicted molar refractivity (Wildman–Crippen MR) is 73.3 cm³/mol. The molecule has 0 radical (unpaired) electrons. The molecule has 0 aliphatic carbocycles. The van der Waals surface area contributed by atoms with Crippen LogP contribution in [0.5, 0.6) is 0 Å². The molecular formula is C11H16ClFN2OS. The molecular weight excluding hydrogens is 263 g/mol. The lowest BCUT2D eigenvalue weighted by Gasteiger charge is -2.23. The van der Waals surface area contributed by atoms with E-state index in [0.717, 1.165) is 0 Å². The number of aliphatic hydroxyl groups is 1. The van der Waals surface area contributed by atoms with Crippen LogP contribution in [0.2, 0.25) is 5.02 Å². The number of hydrogen-bond acceptors (Lipinski definition) is 4. The first-order valence-corrected chi connectivity index (χ1v) is 6.80. The average Bonchev–Trinajstić information content (AvgIpc) is 2.27. The van der Waals surface area contributed by atoms with Gasteiger partial charge < -0.3 is 16.2 Å². The van der Waals surface area contributed by atoms with Gasteiger partial charge in [-0.1, -0.05) is 11.6 Å². The van der Waals surface area contributed by atoms with Crippen molar-refractivity contribution < 1.29 is 9.50 Å². The Hall–Kier alpha value is -0.650. The molecule has 96 valence electrons. The number of halogens is 2. The number of nitrogen functional groups attached to an aromatic ring is 1. The maximum Gasteiger partial charge on any atom is 0.143 e. The van der Waals surface area contributed by atoms with Crippen LogP contribution in [0.25, 0.3) is 0 Å². The van der Waals surface area contributed by atoms with Gasteiger partial charge in [0.05, 0.1) is 23.0 Å². The highest BCUT2D eigenvalue weighted by atomic mass is 35.5. The third-order valence-electron chi connectivity index (χ3n) is 2.52. The summed E-state index contributed by atoms with van der Waals surface area (Å²) in [5.74, 6) is -0.514. The van der Waals surface area contributed by atoms with E-state index < -0.39 is 5.82 Å². The van der Waals surface area contributed by atoms with Crippen molar-refractivity contribution in [2.45, 2.75) is 18.2 Å². The van der Waals surface area contributed by atoms with Gasteiger partial charge in [0.15, 0.2) is 0 Å². The standard InChI is InChI=1S/C11H16ClFN2OS/c1-6(11(5-16)17-2)15-10-4-8(13)7(12)3-9(10)14/h3-4,6,11,15-16H,5,14H2,1-2H3. The largest absolute Gasteiger partial charge is 0.397 e. The normalized spacial score (nSPS) is 14.4. The summed E-state index contributed by atoms with van der Waals surface area (Å²) in [6, 6.07) is 2.61. The molecule has 6 heteroatoms. The van der Waals surface area contributed by atoms with Crippen molar-refractivity contribution in [3.63, 3.8) is 0 Å². The number of nitrogens with two attached hydrogens (primary N) is 1. The molecule has 0 spiro atoms. The summed E-state index contributed by atoms with van der Waals surface area (Å²) in [6.45, 7) is 1.95. The van der Waals surface area contributed by atoms with Crippen molar-refractivity contribution in [2.24, 2.45) is 0 Å². The Morgan fingerprint density at radius 3 is 2.76 bits per heavy atom. The molecule has 0 aromatic heterocycles. The second-order valence-corrected chi connectivity index (χ2v) is 5.23. The van der Waals surface area contributed by atoms with Crippen LogP contribution in [-0.4, -0.2) is 29.3 Å². The van der Waals surface area contributed by atoms with Gasteiger partial charge in [0.2, 0.25) is 0 Å². The predicted octanol–water partition coefficient (Wildman–Crippen LogP) is 2.59. The van der Waals surface area contributed by atoms with Gasteiger partial charge in [-0.05, 0) is 19.2 Å². The van der Waals surface area contributed by atoms with Crippen LogP contribution in [0.4, 0.5) is 15.8 Å². The molecule has 0 aliphatic rings. The highest BCUT2D eigenvalue weighted by Gasteiger charge is 2.16. The lowest BCUT2D eigenvalue weighted by molar-refractivity contribution is 0.288. The Labute approximate surface area is 110 Å². The van der Waals surface area contributed by atoms with E-state index in [9.17, 15) is 4.39 Å². The van der Waals surface area contributed by atoms with Crippen molar-refractivity contribution in [2.75, 3.05) is 23.9 Å². The molecule has 0 amide bonds. The number of hydrogen-bond donors (Lipinski definition) is 3. The zero-order valence-corrected chi connectivity index (χ0v) is 11.3. The van der Waals surface area contributed by atoms with E-state index in [4.69, 9.17) is 22.4 Å². The van der Waals surface area contributed by atoms with Crippen molar-refractivity contribution in [3.8, 4) is 0 Å². The van der Waals surface area contributed by atoms with E-state index in [-0.39, 0.29) is 22.9 Å². The highest BCUT2D eigenvalue weighted by Crippen LogP contribution is 2.27. The van der Waals surface area contributed by atoms with E-state index >= 15 is 0 Å². The van der Waals surface area contributed by atoms with Crippen molar-refractivity contribution in [1.29, 1.82) is 0 Å². The first kappa shape index (κ1) is 14.4. The Balaban J connectivity index is 2.84. The monoisotopic (exact) mass is 278 g/mol. The van der Waals surface area contributed by atoms with E-state index in [0.29, 0.717) is 11.4 Å². The van der Waals surface area contributed by atoms with Gasteiger partial charge in [-0.15, -0.1) is 0 Å². The third kappa shape index (κ3) is 3.66. The zero-order valence-electron chi connectivity index (χ0n) is 9.71. The molecule has 0 fully saturated rings. The van der Waals surface area contributed by atoms with Crippen molar-refractivity contribution in [1.82, 2.24) is 0 Å². The molecule has 17 heavy (non-hydrogen) atoms. The van der Waals surface area contributed by atoms with Crippen LogP contribution < -0.4 is 11.1 Å². The summed E-state index contributed by atoms with van der Waals surface area (Å²) in [7, 11) is 0. The highest BCUT2D eigenvalue weighted by molar-refractivity contribution is 7.99. The molecule has 2 unspecified atom stereocenters. The third-order valence-corrected chi connectivity index (χ3v) is 3.97. The van der Waals surface area contributed by atoms with Gasteiger partial charge >= 0.3 is 0 Å². The summed E-state index contributed by atoms with van der Waals surface area (Å²) in [4.78, 5) is 0. The van der Waals surface area contributed by atoms with Crippen LogP contribution in [-0.2, 0) is 0 Å². The summed E-state index contributed by atoms with van der Waals surface area (Å²) in [5, 5.41) is 12.3. The molecule has 1 rings (SSSR count). The Bertz CT molecular complexity index is 388. The van der Waals surface area contributed by atoms with Gasteiger partial charge in [-0.2, -0.15) is 11.8 Å². The van der Waals surface area contributed by atoms with E-state index in [1.54, 1.807) is 0 Å². The summed E-state index contributed by atoms with van der Waals surface area (Å²) < 4.78 is 13.3. The molecule has 2 atom stereocenters. The van der Waals surface area contributed by atoms with Gasteiger partial charge in [0.25, 0.3) is 0 Å². The van der Waals surface area contributed by atoms with Gasteiger partial charge in [-0.25, -0.2) is 4.39 Å². The fraction of sp³-hybridized carbons (Fsp3) is 0.455. The van der Waals surface area contributed by atoms with E-state index in [1.807, 2.05) is 13.2 Å². The van der Waals surface area contributed by atoms with Crippen LogP contribution in [0.1, 0.15) is 6.92 Å². The minimum absolute atomic E-state index is 0.00396. The number of rotatable bonds is 5. The van der Waals surface area contributed by atoms with Gasteiger partial charge in [0.1, 0.15) is 5.82 Å². The number of aliphatic hydroxyl groups excluding tert-OH is 1. The van der Waals surface area contributed by atoms with Gasteiger partial charge in [-0.3, -0.25) is 0 Å². The van der Waals surface area contributed by atoms with Crippen LogP contribution in [0, 0.1) is 5.82 Å². The molecule has 1 aromatic rings. The van der Waals surface area contributed by atoms with Crippen LogP contribution >= 0.6 is 23.4 Å². The maximum absolute atomic E-state index is 13.3. The summed E-state index contributed by atoms with van der Waals surface area (Å²) in [5.41, 5.74) is 6.62. The van der Waals surface area contributed by atoms with Crippen LogP contribution in [0.3, 0.4) is 0 Å². The fourth-order valence-electron chi connectivity index (χ4n) is 1.46. The smallest absolute Gasteiger partial charge is 0.143 e. The quantitative estimate of drug-likeness (QED) is 0.725. The molecule has 4 N–H and O–H groups in total. The lowest BCUT2D eigenvalue weighted by atomic mass is 10.2. The average molecular weight is 279 g/mol. The molecule has 3 nitrogen and oxygen atoms in total. The SMILES string of the molecule is CSC(CO)C(C)Nc1cc(F)c(Cl)cc1N. The maximum atomic E-state index is 13.3. The molecule has 0 bridgehead atoms. The fourth-order valence-corrected chi connectivity index (χ4v) is 2.26. The number of benzene rings is 1. The van der Waals surface area contributed by atoms with E-state index in [2.05, 4.69) is 5.32 Å². The lowest BCUT2D eigenvalue weighted by Crippen LogP contribution is -2.31. The first-order valence-electron chi connectivity index (χ1n) is 5.14. The Morgan fingerprint density at radius 2 is 2.24 bits per heavy atom. The number of thioether (sulfide) groups is 1. The summed E-state index contributed by atoms with van der Waals surface area (Å²) >= 11 is 7.15. The topological polar surface area (TPSA) is 58.3 Å². The second kappa shape index (κ2) is 6.33. The molecule has 0 saturated carbocycles. The first-order chi connectivity index (χ1) is 7.99. The molecule has 0 heterocycles. The van der Waals surface area contributed by atoms with Crippen LogP contribution in [0.15, 0.2) is 12.1 Å². The van der Waals surface area contributed by atoms with Crippen molar-refractivity contribution >= 4 is 34.7 Å². The summed E-state index contributed by atoms with van der Waals surface area (Å²) in [6.07, 6.45) is 1.91. The molecule has 0 aliphatic heterocycles. The second-order valence-electron chi connectivity index (χ2n) is 3.74. The number of nitrogens with one attached hydrogen (secondary N) is 1. The van der Waals surface area contributed by atoms with Gasteiger partial charge in [0, 0.05) is 17.4 Å².